The standard InChI is InChI=1S/C17H20N2O3/c1-22-9-8-17(6-7-17)11-18-16(21)14-10-12-4-2-3-5-13(12)15(20)19-14/h2-5,10H,6-9,11H2,1H3,(H,18,21)(H,19,20). The van der Waals surface area contributed by atoms with Crippen LogP contribution in [0.2, 0.25) is 0 Å². The number of aromatic amines is 1. The number of nitrogens with one attached hydrogen (secondary N) is 2. The summed E-state index contributed by atoms with van der Waals surface area (Å²) < 4.78 is 5.11. The molecule has 0 spiro atoms. The predicted octanol–water partition coefficient (Wildman–Crippen LogP) is 2.07. The molecule has 2 aromatic rings. The summed E-state index contributed by atoms with van der Waals surface area (Å²) in [5.74, 6) is -0.230. The average Bonchev–Trinajstić information content (AvgIpc) is 3.31. The van der Waals surface area contributed by atoms with E-state index in [0.29, 0.717) is 24.2 Å². The summed E-state index contributed by atoms with van der Waals surface area (Å²) in [6.07, 6.45) is 3.19. The van der Waals surface area contributed by atoms with E-state index in [0.717, 1.165) is 24.6 Å². The van der Waals surface area contributed by atoms with Crippen LogP contribution in [0.3, 0.4) is 0 Å². The molecule has 5 nitrogen and oxygen atoms in total. The topological polar surface area (TPSA) is 71.2 Å². The van der Waals surface area contributed by atoms with Gasteiger partial charge in [-0.05, 0) is 42.2 Å². The van der Waals surface area contributed by atoms with Crippen molar-refractivity contribution in [3.8, 4) is 0 Å². The molecule has 5 heteroatoms. The van der Waals surface area contributed by atoms with Crippen LogP contribution in [0.5, 0.6) is 0 Å². The molecular weight excluding hydrogens is 280 g/mol. The van der Waals surface area contributed by atoms with Crippen LogP contribution >= 0.6 is 0 Å². The molecule has 1 heterocycles. The summed E-state index contributed by atoms with van der Waals surface area (Å²) in [4.78, 5) is 26.9. The Balaban J connectivity index is 1.72. The molecule has 0 saturated heterocycles. The summed E-state index contributed by atoms with van der Waals surface area (Å²) >= 11 is 0. The number of pyridine rings is 1. The minimum absolute atomic E-state index is 0.183. The van der Waals surface area contributed by atoms with Gasteiger partial charge in [-0.15, -0.1) is 0 Å². The van der Waals surface area contributed by atoms with Gasteiger partial charge in [-0.2, -0.15) is 0 Å². The maximum absolute atomic E-state index is 12.3. The van der Waals surface area contributed by atoms with Gasteiger partial charge >= 0.3 is 0 Å². The van der Waals surface area contributed by atoms with Gasteiger partial charge in [0.2, 0.25) is 0 Å². The number of hydrogen-bond donors (Lipinski definition) is 2. The van der Waals surface area contributed by atoms with E-state index in [1.807, 2.05) is 18.2 Å². The molecule has 0 unspecified atom stereocenters. The fraction of sp³-hybridized carbons (Fsp3) is 0.412. The molecular formula is C17H20N2O3. The zero-order valence-corrected chi connectivity index (χ0v) is 12.6. The molecule has 1 aromatic heterocycles. The molecule has 1 amide bonds. The van der Waals surface area contributed by atoms with Crippen LogP contribution in [0.15, 0.2) is 35.1 Å². The predicted molar refractivity (Wildman–Crippen MR) is 85.1 cm³/mol. The molecule has 1 aromatic carbocycles. The van der Waals surface area contributed by atoms with E-state index in [9.17, 15) is 9.59 Å². The van der Waals surface area contributed by atoms with Crippen molar-refractivity contribution in [1.29, 1.82) is 0 Å². The number of carbonyl (C=O) groups excluding carboxylic acids is 1. The number of hydrogen-bond acceptors (Lipinski definition) is 3. The first-order chi connectivity index (χ1) is 10.6. The van der Waals surface area contributed by atoms with E-state index in [4.69, 9.17) is 4.74 Å². The Morgan fingerprint density at radius 3 is 2.86 bits per heavy atom. The van der Waals surface area contributed by atoms with E-state index in [2.05, 4.69) is 10.3 Å². The Labute approximate surface area is 128 Å². The third kappa shape index (κ3) is 3.04. The zero-order chi connectivity index (χ0) is 15.6. The lowest BCUT2D eigenvalue weighted by Gasteiger charge is -2.15. The van der Waals surface area contributed by atoms with Crippen LogP contribution in [0, 0.1) is 5.41 Å². The van der Waals surface area contributed by atoms with Gasteiger partial charge in [-0.1, -0.05) is 18.2 Å². The van der Waals surface area contributed by atoms with Gasteiger partial charge in [0.1, 0.15) is 5.69 Å². The van der Waals surface area contributed by atoms with E-state index < -0.39 is 0 Å². The lowest BCUT2D eigenvalue weighted by atomic mass is 10.0. The smallest absolute Gasteiger partial charge is 0.267 e. The van der Waals surface area contributed by atoms with Gasteiger partial charge in [0.15, 0.2) is 0 Å². The largest absolute Gasteiger partial charge is 0.385 e. The maximum atomic E-state index is 12.3. The number of carbonyl (C=O) groups is 1. The monoisotopic (exact) mass is 300 g/mol. The van der Waals surface area contributed by atoms with E-state index in [1.54, 1.807) is 19.2 Å². The summed E-state index contributed by atoms with van der Waals surface area (Å²) in [6.45, 7) is 1.34. The maximum Gasteiger partial charge on any atom is 0.267 e. The normalized spacial score (nSPS) is 15.7. The number of fused-ring (bicyclic) bond motifs is 1. The highest BCUT2D eigenvalue weighted by molar-refractivity contribution is 5.96. The van der Waals surface area contributed by atoms with Crippen LogP contribution in [0.4, 0.5) is 0 Å². The van der Waals surface area contributed by atoms with E-state index in [-0.39, 0.29) is 16.9 Å². The van der Waals surface area contributed by atoms with Crippen molar-refractivity contribution >= 4 is 16.7 Å². The number of methoxy groups -OCH3 is 1. The summed E-state index contributed by atoms with van der Waals surface area (Å²) in [7, 11) is 1.69. The highest BCUT2D eigenvalue weighted by Crippen LogP contribution is 2.48. The highest BCUT2D eigenvalue weighted by atomic mass is 16.5. The molecule has 116 valence electrons. The molecule has 3 rings (SSSR count). The molecule has 2 N–H and O–H groups in total. The number of amides is 1. The van der Waals surface area contributed by atoms with Crippen molar-refractivity contribution in [3.63, 3.8) is 0 Å². The molecule has 22 heavy (non-hydrogen) atoms. The SMILES string of the molecule is COCCC1(CNC(=O)c2cc3ccccc3c(=O)[nH]2)CC1. The van der Waals surface area contributed by atoms with Gasteiger partial charge < -0.3 is 15.0 Å². The molecule has 1 saturated carbocycles. The van der Waals surface area contributed by atoms with Crippen molar-refractivity contribution in [2.75, 3.05) is 20.3 Å². The second-order valence-electron chi connectivity index (χ2n) is 6.02. The number of rotatable bonds is 6. The summed E-state index contributed by atoms with van der Waals surface area (Å²) in [6, 6.07) is 8.97. The Bertz CT molecular complexity index is 747. The Kier molecular flexibility index (Phi) is 3.98. The molecule has 1 aliphatic carbocycles. The van der Waals surface area contributed by atoms with Gasteiger partial charge in [0.25, 0.3) is 11.5 Å². The third-order valence-corrected chi connectivity index (χ3v) is 4.42. The molecule has 0 radical (unpaired) electrons. The third-order valence-electron chi connectivity index (χ3n) is 4.42. The fourth-order valence-electron chi connectivity index (χ4n) is 2.71. The zero-order valence-electron chi connectivity index (χ0n) is 12.6. The van der Waals surface area contributed by atoms with Crippen molar-refractivity contribution in [1.82, 2.24) is 10.3 Å². The number of aromatic nitrogens is 1. The van der Waals surface area contributed by atoms with Crippen LogP contribution in [-0.2, 0) is 4.74 Å². The van der Waals surface area contributed by atoms with Crippen LogP contribution in [-0.4, -0.2) is 31.2 Å². The van der Waals surface area contributed by atoms with E-state index >= 15 is 0 Å². The van der Waals surface area contributed by atoms with Crippen LogP contribution in [0.1, 0.15) is 29.8 Å². The van der Waals surface area contributed by atoms with Crippen LogP contribution < -0.4 is 10.9 Å². The average molecular weight is 300 g/mol. The molecule has 0 aliphatic heterocycles. The molecule has 1 fully saturated rings. The second-order valence-corrected chi connectivity index (χ2v) is 6.02. The first kappa shape index (κ1) is 14.8. The van der Waals surface area contributed by atoms with Crippen molar-refractivity contribution in [2.24, 2.45) is 5.41 Å². The number of benzene rings is 1. The minimum Gasteiger partial charge on any atom is -0.385 e. The number of H-pyrrole nitrogens is 1. The fourth-order valence-corrected chi connectivity index (χ4v) is 2.71. The summed E-state index contributed by atoms with van der Waals surface area (Å²) in [5, 5.41) is 4.31. The van der Waals surface area contributed by atoms with Gasteiger partial charge in [-0.25, -0.2) is 0 Å². The first-order valence-corrected chi connectivity index (χ1v) is 7.53. The van der Waals surface area contributed by atoms with Crippen molar-refractivity contribution in [2.45, 2.75) is 19.3 Å². The van der Waals surface area contributed by atoms with Gasteiger partial charge in [0, 0.05) is 25.6 Å². The lowest BCUT2D eigenvalue weighted by molar-refractivity contribution is 0.0933. The van der Waals surface area contributed by atoms with E-state index in [1.165, 1.54) is 0 Å². The molecule has 0 atom stereocenters. The first-order valence-electron chi connectivity index (χ1n) is 7.53. The Morgan fingerprint density at radius 2 is 2.14 bits per heavy atom. The van der Waals surface area contributed by atoms with Crippen LogP contribution in [0.25, 0.3) is 10.8 Å². The lowest BCUT2D eigenvalue weighted by Crippen LogP contribution is -2.32. The van der Waals surface area contributed by atoms with Crippen molar-refractivity contribution < 1.29 is 9.53 Å². The Morgan fingerprint density at radius 1 is 1.36 bits per heavy atom. The molecule has 1 aliphatic rings. The summed E-state index contributed by atoms with van der Waals surface area (Å²) in [5.41, 5.74) is 0.262. The quantitative estimate of drug-likeness (QED) is 0.858. The Hall–Kier alpha value is -2.14. The number of ether oxygens (including phenoxy) is 1. The molecule has 0 bridgehead atoms. The van der Waals surface area contributed by atoms with Crippen molar-refractivity contribution in [3.05, 3.63) is 46.4 Å². The highest BCUT2D eigenvalue weighted by Gasteiger charge is 2.42. The van der Waals surface area contributed by atoms with Gasteiger partial charge in [-0.3, -0.25) is 9.59 Å². The minimum atomic E-state index is -0.233. The second kappa shape index (κ2) is 5.93. The van der Waals surface area contributed by atoms with Gasteiger partial charge in [0.05, 0.1) is 0 Å².